The number of methoxy groups -OCH3 is 1. The van der Waals surface area contributed by atoms with E-state index < -0.39 is 0 Å². The Bertz CT molecular complexity index is 222. The molecule has 0 aromatic rings. The summed E-state index contributed by atoms with van der Waals surface area (Å²) in [5.74, 6) is 0. The summed E-state index contributed by atoms with van der Waals surface area (Å²) < 4.78 is 5.51. The first kappa shape index (κ1) is 11.9. The van der Waals surface area contributed by atoms with E-state index in [0.717, 1.165) is 25.9 Å². The lowest BCUT2D eigenvalue weighted by molar-refractivity contribution is -0.0537. The number of hydrogen-bond acceptors (Lipinski definition) is 3. The summed E-state index contributed by atoms with van der Waals surface area (Å²) in [4.78, 5) is 2.88. The van der Waals surface area contributed by atoms with E-state index in [2.05, 4.69) is 18.7 Å². The van der Waals surface area contributed by atoms with Crippen molar-refractivity contribution in [2.75, 3.05) is 20.2 Å². The van der Waals surface area contributed by atoms with Gasteiger partial charge in [0.1, 0.15) is 0 Å². The Morgan fingerprint density at radius 1 is 1.64 bits per heavy atom. The highest BCUT2D eigenvalue weighted by molar-refractivity contribution is 7.80. The van der Waals surface area contributed by atoms with E-state index in [1.165, 1.54) is 0 Å². The van der Waals surface area contributed by atoms with Gasteiger partial charge in [0, 0.05) is 13.7 Å². The van der Waals surface area contributed by atoms with Crippen LogP contribution < -0.4 is 5.73 Å². The van der Waals surface area contributed by atoms with Crippen LogP contribution in [0.1, 0.15) is 26.7 Å². The minimum Gasteiger partial charge on any atom is -0.392 e. The number of likely N-dealkylation sites (tertiary alicyclic amines) is 1. The molecule has 1 rings (SSSR count). The molecule has 2 N–H and O–H groups in total. The molecule has 0 amide bonds. The third kappa shape index (κ3) is 2.65. The fourth-order valence-corrected chi connectivity index (χ4v) is 2.07. The van der Waals surface area contributed by atoms with Gasteiger partial charge in [-0.05, 0) is 33.2 Å². The molecule has 0 aliphatic carbocycles. The molecule has 3 nitrogen and oxygen atoms in total. The second kappa shape index (κ2) is 4.55. The monoisotopic (exact) mass is 216 g/mol. The quantitative estimate of drug-likeness (QED) is 0.719. The molecule has 14 heavy (non-hydrogen) atoms. The first-order valence-electron chi connectivity index (χ1n) is 5.07. The minimum absolute atomic E-state index is 0.0305. The molecule has 1 heterocycles. The molecule has 0 aromatic heterocycles. The third-order valence-electron chi connectivity index (χ3n) is 3.14. The van der Waals surface area contributed by atoms with Crippen molar-refractivity contribution in [1.29, 1.82) is 0 Å². The topological polar surface area (TPSA) is 38.5 Å². The molecular weight excluding hydrogens is 196 g/mol. The standard InChI is InChI=1S/C10H20N2OS/c1-8(9(11)14)12-6-4-5-10(2,7-12)13-3/h8H,4-7H2,1-3H3,(H2,11,14). The van der Waals surface area contributed by atoms with Crippen molar-refractivity contribution in [3.63, 3.8) is 0 Å². The van der Waals surface area contributed by atoms with Crippen LogP contribution in [0.15, 0.2) is 0 Å². The van der Waals surface area contributed by atoms with E-state index in [9.17, 15) is 0 Å². The SMILES string of the molecule is COC1(C)CCCN(C(C)C(N)=S)C1. The molecular formula is C10H20N2OS. The Morgan fingerprint density at radius 3 is 2.79 bits per heavy atom. The Balaban J connectivity index is 2.60. The molecule has 0 aromatic carbocycles. The molecule has 1 aliphatic heterocycles. The zero-order valence-electron chi connectivity index (χ0n) is 9.25. The molecule has 82 valence electrons. The van der Waals surface area contributed by atoms with Gasteiger partial charge in [-0.15, -0.1) is 0 Å². The zero-order valence-corrected chi connectivity index (χ0v) is 10.1. The van der Waals surface area contributed by atoms with Crippen molar-refractivity contribution in [3.05, 3.63) is 0 Å². The number of thiocarbonyl (C=S) groups is 1. The van der Waals surface area contributed by atoms with E-state index in [1.807, 2.05) is 0 Å². The summed E-state index contributed by atoms with van der Waals surface area (Å²) >= 11 is 5.01. The first-order chi connectivity index (χ1) is 6.48. The Kier molecular flexibility index (Phi) is 3.86. The lowest BCUT2D eigenvalue weighted by Gasteiger charge is -2.41. The summed E-state index contributed by atoms with van der Waals surface area (Å²) in [7, 11) is 1.77. The summed E-state index contributed by atoms with van der Waals surface area (Å²) in [5.41, 5.74) is 5.62. The van der Waals surface area contributed by atoms with Crippen molar-refractivity contribution >= 4 is 17.2 Å². The maximum absolute atomic E-state index is 5.65. The summed E-state index contributed by atoms with van der Waals surface area (Å²) in [6.45, 7) is 6.19. The highest BCUT2D eigenvalue weighted by Crippen LogP contribution is 2.25. The molecule has 0 radical (unpaired) electrons. The Labute approximate surface area is 91.6 Å². The van der Waals surface area contributed by atoms with Gasteiger partial charge in [-0.3, -0.25) is 4.90 Å². The third-order valence-corrected chi connectivity index (χ3v) is 3.48. The number of nitrogens with two attached hydrogens (primary N) is 1. The highest BCUT2D eigenvalue weighted by atomic mass is 32.1. The first-order valence-corrected chi connectivity index (χ1v) is 5.48. The van der Waals surface area contributed by atoms with E-state index in [1.54, 1.807) is 7.11 Å². The van der Waals surface area contributed by atoms with Crippen LogP contribution in [0, 0.1) is 0 Å². The highest BCUT2D eigenvalue weighted by Gasteiger charge is 2.33. The molecule has 0 saturated carbocycles. The Hall–Kier alpha value is -0.190. The van der Waals surface area contributed by atoms with Crippen LogP contribution in [0.25, 0.3) is 0 Å². The van der Waals surface area contributed by atoms with Crippen LogP contribution in [0.3, 0.4) is 0 Å². The number of rotatable bonds is 3. The zero-order chi connectivity index (χ0) is 10.8. The number of nitrogens with zero attached hydrogens (tertiary/aromatic N) is 1. The average molecular weight is 216 g/mol. The average Bonchev–Trinajstić information content (AvgIpc) is 2.16. The summed E-state index contributed by atoms with van der Waals surface area (Å²) in [5, 5.41) is 0. The molecule has 0 bridgehead atoms. The molecule has 1 saturated heterocycles. The molecule has 1 aliphatic rings. The maximum Gasteiger partial charge on any atom is 0.0899 e. The molecule has 1 fully saturated rings. The van der Waals surface area contributed by atoms with Gasteiger partial charge in [0.15, 0.2) is 0 Å². The normalized spacial score (nSPS) is 31.4. The van der Waals surface area contributed by atoms with E-state index in [4.69, 9.17) is 22.7 Å². The van der Waals surface area contributed by atoms with Crippen LogP contribution in [-0.4, -0.2) is 41.7 Å². The number of piperidine rings is 1. The Morgan fingerprint density at radius 2 is 2.29 bits per heavy atom. The summed E-state index contributed by atoms with van der Waals surface area (Å²) in [6, 6.07) is 0.180. The van der Waals surface area contributed by atoms with E-state index in [0.29, 0.717) is 4.99 Å². The predicted molar refractivity (Wildman–Crippen MR) is 62.5 cm³/mol. The van der Waals surface area contributed by atoms with Gasteiger partial charge in [-0.25, -0.2) is 0 Å². The van der Waals surface area contributed by atoms with Gasteiger partial charge in [0.25, 0.3) is 0 Å². The number of hydrogen-bond donors (Lipinski definition) is 1. The van der Waals surface area contributed by atoms with E-state index in [-0.39, 0.29) is 11.6 Å². The minimum atomic E-state index is -0.0305. The van der Waals surface area contributed by atoms with Crippen LogP contribution in [0.4, 0.5) is 0 Å². The fraction of sp³-hybridized carbons (Fsp3) is 0.900. The molecule has 2 unspecified atom stereocenters. The van der Waals surface area contributed by atoms with Crippen molar-refractivity contribution in [1.82, 2.24) is 4.90 Å². The van der Waals surface area contributed by atoms with Gasteiger partial charge in [0.2, 0.25) is 0 Å². The van der Waals surface area contributed by atoms with Gasteiger partial charge in [0.05, 0.1) is 16.6 Å². The van der Waals surface area contributed by atoms with Crippen molar-refractivity contribution < 1.29 is 4.74 Å². The predicted octanol–water partition coefficient (Wildman–Crippen LogP) is 1.16. The number of ether oxygens (including phenoxy) is 1. The van der Waals surface area contributed by atoms with Crippen LogP contribution >= 0.6 is 12.2 Å². The van der Waals surface area contributed by atoms with Gasteiger partial charge < -0.3 is 10.5 Å². The van der Waals surface area contributed by atoms with Gasteiger partial charge >= 0.3 is 0 Å². The largest absolute Gasteiger partial charge is 0.392 e. The van der Waals surface area contributed by atoms with Crippen LogP contribution in [0.5, 0.6) is 0 Å². The lowest BCUT2D eigenvalue weighted by Crippen LogP contribution is -2.53. The second-order valence-corrected chi connectivity index (χ2v) is 4.78. The van der Waals surface area contributed by atoms with Gasteiger partial charge in [-0.1, -0.05) is 12.2 Å². The van der Waals surface area contributed by atoms with Gasteiger partial charge in [-0.2, -0.15) is 0 Å². The van der Waals surface area contributed by atoms with Crippen molar-refractivity contribution in [2.45, 2.75) is 38.3 Å². The molecule has 0 spiro atoms. The lowest BCUT2D eigenvalue weighted by atomic mass is 9.94. The van der Waals surface area contributed by atoms with Crippen molar-refractivity contribution in [2.24, 2.45) is 5.73 Å². The molecule has 2 atom stereocenters. The van der Waals surface area contributed by atoms with Crippen LogP contribution in [-0.2, 0) is 4.74 Å². The maximum atomic E-state index is 5.65. The second-order valence-electron chi connectivity index (χ2n) is 4.31. The fourth-order valence-electron chi connectivity index (χ4n) is 1.92. The van der Waals surface area contributed by atoms with E-state index >= 15 is 0 Å². The smallest absolute Gasteiger partial charge is 0.0899 e. The molecule has 4 heteroatoms. The van der Waals surface area contributed by atoms with Crippen LogP contribution in [0.2, 0.25) is 0 Å². The summed E-state index contributed by atoms with van der Waals surface area (Å²) in [6.07, 6.45) is 2.27. The van der Waals surface area contributed by atoms with Crippen molar-refractivity contribution in [3.8, 4) is 0 Å².